The van der Waals surface area contributed by atoms with Crippen LogP contribution in [0.2, 0.25) is 0 Å². The molecule has 0 aliphatic carbocycles. The maximum absolute atomic E-state index is 8.99. The van der Waals surface area contributed by atoms with Crippen molar-refractivity contribution in [2.75, 3.05) is 0 Å². The third-order valence-corrected chi connectivity index (χ3v) is 0. The van der Waals surface area contributed by atoms with Gasteiger partial charge in [-0.1, -0.05) is 0 Å². The average Bonchev–Trinajstić information content (AvgIpc) is 0.722. The standard InChI is InChI=1S/Mo.H3NO3P/c;1-5(2,3)4/h;(H3-,1,2,3,4)/q;-1. The fourth-order valence-corrected chi connectivity index (χ4v) is 0. The molecule has 0 aromatic heterocycles. The second kappa shape index (κ2) is 2.89. The molecule has 0 fully saturated rings. The summed E-state index contributed by atoms with van der Waals surface area (Å²) in [6.45, 7) is 0. The van der Waals surface area contributed by atoms with E-state index in [0.717, 1.165) is 0 Å². The van der Waals surface area contributed by atoms with E-state index < -0.39 is 7.75 Å². The number of hydrogen-bond acceptors (Lipinski definition) is 1. The molecule has 0 rings (SSSR count). The summed E-state index contributed by atoms with van der Waals surface area (Å²) in [7, 11) is -4.39. The van der Waals surface area contributed by atoms with Crippen molar-refractivity contribution in [3.05, 3.63) is 5.50 Å². The molecule has 0 aromatic carbocycles. The van der Waals surface area contributed by atoms with Crippen LogP contribution in [0.25, 0.3) is 5.50 Å². The minimum Gasteiger partial charge on any atom is -0.571 e. The zero-order chi connectivity index (χ0) is 4.50. The van der Waals surface area contributed by atoms with E-state index in [0.29, 0.717) is 0 Å². The molecule has 38 valence electrons. The molecule has 6 heteroatoms. The number of hydrogen-bond donors (Lipinski definition) is 2. The van der Waals surface area contributed by atoms with Gasteiger partial charge in [-0.2, -0.15) is 0 Å². The normalized spacial score (nSPS) is 9.83. The molecule has 3 N–H and O–H groups in total. The molecule has 0 radical (unpaired) electrons. The summed E-state index contributed by atoms with van der Waals surface area (Å²) >= 11 is 0. The van der Waals surface area contributed by atoms with Gasteiger partial charge >= 0.3 is 0 Å². The summed E-state index contributed by atoms with van der Waals surface area (Å²) < 4.78 is 8.99. The van der Waals surface area contributed by atoms with E-state index >= 15 is 0 Å². The molecule has 0 aliphatic rings. The van der Waals surface area contributed by atoms with Gasteiger partial charge in [-0.25, -0.2) is 0 Å². The molecule has 0 amide bonds. The van der Waals surface area contributed by atoms with Gasteiger partial charge in [0.15, 0.2) is 0 Å². The molecule has 0 atom stereocenters. The van der Waals surface area contributed by atoms with Gasteiger partial charge in [0, 0.05) is 21.1 Å². The van der Waals surface area contributed by atoms with Gasteiger partial charge in [0.05, 0.1) is 0 Å². The Hall–Kier alpha value is 0.798. The Labute approximate surface area is 49.2 Å². The van der Waals surface area contributed by atoms with Crippen LogP contribution in [0.4, 0.5) is 0 Å². The summed E-state index contributed by atoms with van der Waals surface area (Å²) in [6.07, 6.45) is 0. The van der Waals surface area contributed by atoms with Crippen LogP contribution in [-0.4, -0.2) is 9.79 Å². The molecule has 0 aromatic rings. The van der Waals surface area contributed by atoms with Crippen molar-refractivity contribution in [2.24, 2.45) is 0 Å². The van der Waals surface area contributed by atoms with Gasteiger partial charge in [0.1, 0.15) is 0 Å². The monoisotopic (exact) mass is 194 g/mol. The molecule has 0 spiro atoms. The van der Waals surface area contributed by atoms with E-state index in [1.807, 2.05) is 0 Å². The van der Waals surface area contributed by atoms with Crippen molar-refractivity contribution < 1.29 is 35.4 Å². The Bertz CT molecular complexity index is 56.9. The fraction of sp³-hybridized carbons (Fsp3) is 0. The van der Waals surface area contributed by atoms with E-state index in [1.54, 1.807) is 0 Å². The minimum atomic E-state index is -4.39. The topological polar surface area (TPSA) is 81.3 Å². The van der Waals surface area contributed by atoms with Gasteiger partial charge in [-0.3, -0.25) is 4.57 Å². The van der Waals surface area contributed by atoms with Crippen LogP contribution in [0.3, 0.4) is 0 Å². The summed E-state index contributed by atoms with van der Waals surface area (Å²) in [5, 5.41) is 0. The van der Waals surface area contributed by atoms with Crippen molar-refractivity contribution in [3.8, 4) is 0 Å². The van der Waals surface area contributed by atoms with E-state index in [-0.39, 0.29) is 21.1 Å². The maximum atomic E-state index is 8.99. The first-order valence-electron chi connectivity index (χ1n) is 0.806. The molecule has 6 heavy (non-hydrogen) atoms. The van der Waals surface area contributed by atoms with Gasteiger partial charge in [0.25, 0.3) is 0 Å². The zero-order valence-corrected chi connectivity index (χ0v) is 5.56. The molecule has 0 heterocycles. The molecule has 0 saturated carbocycles. The smallest absolute Gasteiger partial charge is 0.234 e. The van der Waals surface area contributed by atoms with Crippen molar-refractivity contribution in [2.45, 2.75) is 0 Å². The Morgan fingerprint density at radius 3 is 1.50 bits per heavy atom. The van der Waals surface area contributed by atoms with Crippen LogP contribution in [0.15, 0.2) is 0 Å². The van der Waals surface area contributed by atoms with Crippen molar-refractivity contribution in [3.63, 3.8) is 0 Å². The molecular weight excluding hydrogens is 189 g/mol. The van der Waals surface area contributed by atoms with Crippen LogP contribution in [0, 0.1) is 0 Å². The summed E-state index contributed by atoms with van der Waals surface area (Å²) in [5.41, 5.74) is 5.60. The largest absolute Gasteiger partial charge is 0.571 e. The first-order valence-corrected chi connectivity index (χ1v) is 2.42. The zero-order valence-electron chi connectivity index (χ0n) is 2.66. The molecule has 0 unspecified atom stereocenters. The molecule has 0 aliphatic heterocycles. The minimum absolute atomic E-state index is 0. The van der Waals surface area contributed by atoms with Crippen LogP contribution in [0.1, 0.15) is 0 Å². The van der Waals surface area contributed by atoms with Crippen LogP contribution in [0.5, 0.6) is 0 Å². The second-order valence-corrected chi connectivity index (χ2v) is 1.63. The quantitative estimate of drug-likeness (QED) is 0.422. The van der Waals surface area contributed by atoms with E-state index in [9.17, 15) is 0 Å². The van der Waals surface area contributed by atoms with E-state index in [2.05, 4.69) is 0 Å². The first-order chi connectivity index (χ1) is 2.00. The van der Waals surface area contributed by atoms with E-state index in [1.165, 1.54) is 0 Å². The summed E-state index contributed by atoms with van der Waals surface area (Å²) in [6, 6.07) is 0. The van der Waals surface area contributed by atoms with Gasteiger partial charge in [-0.05, 0) is 0 Å². The van der Waals surface area contributed by atoms with Gasteiger partial charge in [0.2, 0.25) is 7.75 Å². The SMILES string of the molecule is [Mo].[NH-]P(=O)(O)O. The van der Waals surface area contributed by atoms with Crippen molar-refractivity contribution in [1.82, 2.24) is 0 Å². The molecular formula is H3MoNO3P-. The second-order valence-electron chi connectivity index (χ2n) is 0.544. The van der Waals surface area contributed by atoms with Crippen molar-refractivity contribution >= 4 is 7.75 Å². The number of rotatable bonds is 0. The van der Waals surface area contributed by atoms with Gasteiger partial charge < -0.3 is 15.3 Å². The van der Waals surface area contributed by atoms with E-state index in [4.69, 9.17) is 19.9 Å². The number of nitrogens with one attached hydrogen (secondary N) is 1. The van der Waals surface area contributed by atoms with Crippen LogP contribution in [-0.2, 0) is 25.6 Å². The Morgan fingerprint density at radius 2 is 1.50 bits per heavy atom. The predicted octanol–water partition coefficient (Wildman–Crippen LogP) is 0.129. The third kappa shape index (κ3) is 109. The summed E-state index contributed by atoms with van der Waals surface area (Å²) in [4.78, 5) is 14.6. The van der Waals surface area contributed by atoms with Crippen LogP contribution < -0.4 is 0 Å². The van der Waals surface area contributed by atoms with Crippen LogP contribution >= 0.6 is 7.75 Å². The molecule has 0 bridgehead atoms. The third-order valence-electron chi connectivity index (χ3n) is 0. The Kier molecular flexibility index (Phi) is 4.78. The average molecular weight is 192 g/mol. The fourth-order valence-electron chi connectivity index (χ4n) is 0. The van der Waals surface area contributed by atoms with Gasteiger partial charge in [-0.15, -0.1) is 0 Å². The first kappa shape index (κ1) is 9.93. The predicted molar refractivity (Wildman–Crippen MR) is 16.4 cm³/mol. The Balaban J connectivity index is 0. The molecule has 0 saturated heterocycles. The summed E-state index contributed by atoms with van der Waals surface area (Å²) in [5.74, 6) is 0. The molecule has 4 nitrogen and oxygen atoms in total. The maximum Gasteiger partial charge on any atom is 0.234 e. The Morgan fingerprint density at radius 1 is 1.50 bits per heavy atom. The van der Waals surface area contributed by atoms with Crippen molar-refractivity contribution in [1.29, 1.82) is 0 Å².